The van der Waals surface area contributed by atoms with E-state index in [4.69, 9.17) is 28.8 Å². The quantitative estimate of drug-likeness (QED) is 0.231. The fourth-order valence-corrected chi connectivity index (χ4v) is 3.21. The fourth-order valence-electron chi connectivity index (χ4n) is 3.21. The molecule has 0 radical (unpaired) electrons. The van der Waals surface area contributed by atoms with Crippen LogP contribution in [0.4, 0.5) is 0 Å². The van der Waals surface area contributed by atoms with E-state index in [1.807, 2.05) is 0 Å². The molecule has 0 amide bonds. The van der Waals surface area contributed by atoms with Gasteiger partial charge in [0.2, 0.25) is 6.29 Å². The van der Waals surface area contributed by atoms with Gasteiger partial charge in [0, 0.05) is 6.07 Å². The number of hydrogen-bond donors (Lipinski definition) is 7. The molecule has 12 nitrogen and oxygen atoms in total. The Labute approximate surface area is 171 Å². The van der Waals surface area contributed by atoms with E-state index in [2.05, 4.69) is 0 Å². The van der Waals surface area contributed by atoms with Gasteiger partial charge in [-0.1, -0.05) is 0 Å². The van der Waals surface area contributed by atoms with Crippen molar-refractivity contribution >= 4 is 0 Å². The summed E-state index contributed by atoms with van der Waals surface area (Å²) in [7, 11) is 1.34. The molecule has 2 saturated heterocycles. The van der Waals surface area contributed by atoms with Gasteiger partial charge >= 0.3 is 0 Å². The highest BCUT2D eigenvalue weighted by molar-refractivity contribution is 5.44. The molecule has 9 atom stereocenters. The monoisotopic (exact) mass is 434 g/mol. The van der Waals surface area contributed by atoms with Crippen LogP contribution in [-0.2, 0) is 14.2 Å². The standard InChI is InChI=1S/C18H26O12/c1-26-9-4-7(2-3-8(9)20)28-18-16(25)14(23)13(22)11(30-18)6-27-17-15(24)12(21)10(5-19)29-17/h2-4,10-25H,5-6H2,1H3. The van der Waals surface area contributed by atoms with Crippen molar-refractivity contribution in [3.05, 3.63) is 18.2 Å². The summed E-state index contributed by atoms with van der Waals surface area (Å²) >= 11 is 0. The van der Waals surface area contributed by atoms with E-state index >= 15 is 0 Å². The van der Waals surface area contributed by atoms with Gasteiger partial charge in [0.25, 0.3) is 0 Å². The van der Waals surface area contributed by atoms with E-state index in [0.717, 1.165) is 0 Å². The summed E-state index contributed by atoms with van der Waals surface area (Å²) in [6.07, 6.45) is -12.5. The van der Waals surface area contributed by atoms with Crippen LogP contribution in [0.1, 0.15) is 0 Å². The molecule has 3 rings (SSSR count). The molecule has 12 heteroatoms. The van der Waals surface area contributed by atoms with Crippen molar-refractivity contribution in [2.75, 3.05) is 20.3 Å². The van der Waals surface area contributed by atoms with Gasteiger partial charge in [-0.25, -0.2) is 0 Å². The highest BCUT2D eigenvalue weighted by atomic mass is 16.7. The van der Waals surface area contributed by atoms with Crippen molar-refractivity contribution in [1.82, 2.24) is 0 Å². The van der Waals surface area contributed by atoms with Crippen LogP contribution in [0.5, 0.6) is 17.2 Å². The highest BCUT2D eigenvalue weighted by Crippen LogP contribution is 2.32. The Balaban J connectivity index is 1.64. The number of phenolic OH excluding ortho intramolecular Hbond substituents is 1. The molecule has 0 aliphatic carbocycles. The normalized spacial score (nSPS) is 39.1. The maximum Gasteiger partial charge on any atom is 0.229 e. The summed E-state index contributed by atoms with van der Waals surface area (Å²) in [4.78, 5) is 0. The second kappa shape index (κ2) is 9.60. The summed E-state index contributed by atoms with van der Waals surface area (Å²) in [6, 6.07) is 4.03. The number of methoxy groups -OCH3 is 1. The van der Waals surface area contributed by atoms with Crippen molar-refractivity contribution in [3.8, 4) is 17.2 Å². The highest BCUT2D eigenvalue weighted by Gasteiger charge is 2.47. The average molecular weight is 434 g/mol. The van der Waals surface area contributed by atoms with Crippen LogP contribution in [0.15, 0.2) is 18.2 Å². The molecule has 7 N–H and O–H groups in total. The van der Waals surface area contributed by atoms with E-state index < -0.39 is 68.5 Å². The summed E-state index contributed by atoms with van der Waals surface area (Å²) in [5, 5.41) is 68.9. The maximum absolute atomic E-state index is 10.2. The summed E-state index contributed by atoms with van der Waals surface area (Å²) in [5.74, 6) is 0.137. The first kappa shape index (κ1) is 22.9. The summed E-state index contributed by atoms with van der Waals surface area (Å²) < 4.78 is 26.5. The Hall–Kier alpha value is -1.74. The molecule has 0 spiro atoms. The molecule has 1 aromatic rings. The third-order valence-corrected chi connectivity index (χ3v) is 5.00. The molecule has 1 aromatic carbocycles. The van der Waals surface area contributed by atoms with Gasteiger partial charge in [0.15, 0.2) is 17.8 Å². The van der Waals surface area contributed by atoms with E-state index in [-0.39, 0.29) is 17.2 Å². The molecular weight excluding hydrogens is 408 g/mol. The lowest BCUT2D eigenvalue weighted by atomic mass is 9.99. The second-order valence-corrected chi connectivity index (χ2v) is 7.01. The lowest BCUT2D eigenvalue weighted by molar-refractivity contribution is -0.290. The Morgan fingerprint density at radius 3 is 2.13 bits per heavy atom. The molecule has 0 aromatic heterocycles. The molecule has 2 aliphatic heterocycles. The van der Waals surface area contributed by atoms with E-state index in [1.54, 1.807) is 0 Å². The zero-order valence-electron chi connectivity index (χ0n) is 16.0. The third kappa shape index (κ3) is 4.61. The minimum Gasteiger partial charge on any atom is -0.504 e. The van der Waals surface area contributed by atoms with Crippen LogP contribution in [0.3, 0.4) is 0 Å². The Kier molecular flexibility index (Phi) is 7.34. The van der Waals surface area contributed by atoms with Crippen molar-refractivity contribution in [2.24, 2.45) is 0 Å². The number of aliphatic hydroxyl groups excluding tert-OH is 6. The first-order valence-electron chi connectivity index (χ1n) is 9.24. The van der Waals surface area contributed by atoms with Crippen molar-refractivity contribution < 1.29 is 59.4 Å². The molecule has 170 valence electrons. The van der Waals surface area contributed by atoms with Gasteiger partial charge in [0.05, 0.1) is 20.3 Å². The minimum absolute atomic E-state index is 0.114. The molecule has 2 aliphatic rings. The van der Waals surface area contributed by atoms with Gasteiger partial charge < -0.3 is 59.4 Å². The molecule has 2 fully saturated rings. The van der Waals surface area contributed by atoms with E-state index in [1.165, 1.54) is 25.3 Å². The lowest BCUT2D eigenvalue weighted by Gasteiger charge is -2.40. The third-order valence-electron chi connectivity index (χ3n) is 5.00. The minimum atomic E-state index is -1.64. The van der Waals surface area contributed by atoms with Crippen LogP contribution < -0.4 is 9.47 Å². The van der Waals surface area contributed by atoms with Crippen LogP contribution >= 0.6 is 0 Å². The van der Waals surface area contributed by atoms with Crippen molar-refractivity contribution in [2.45, 2.75) is 55.3 Å². The Bertz CT molecular complexity index is 702. The SMILES string of the molecule is COc1cc(OC2OC(COC3OC(CO)C(O)C3O)C(O)C(O)C2O)ccc1O. The second-order valence-electron chi connectivity index (χ2n) is 7.01. The number of rotatable bonds is 7. The number of aliphatic hydroxyl groups is 6. The van der Waals surface area contributed by atoms with Crippen molar-refractivity contribution in [1.29, 1.82) is 0 Å². The van der Waals surface area contributed by atoms with E-state index in [9.17, 15) is 30.6 Å². The Morgan fingerprint density at radius 1 is 0.867 bits per heavy atom. The van der Waals surface area contributed by atoms with Gasteiger partial charge in [-0.15, -0.1) is 0 Å². The van der Waals surface area contributed by atoms with Gasteiger partial charge in [-0.2, -0.15) is 0 Å². The molecule has 2 heterocycles. The number of hydrogen-bond acceptors (Lipinski definition) is 12. The maximum atomic E-state index is 10.2. The molecule has 0 bridgehead atoms. The van der Waals surface area contributed by atoms with Crippen LogP contribution in [0.2, 0.25) is 0 Å². The zero-order chi connectivity index (χ0) is 22.0. The zero-order valence-corrected chi connectivity index (χ0v) is 16.0. The first-order chi connectivity index (χ1) is 14.3. The number of ether oxygens (including phenoxy) is 5. The van der Waals surface area contributed by atoms with Crippen LogP contribution in [0.25, 0.3) is 0 Å². The number of aromatic hydroxyl groups is 1. The summed E-state index contributed by atoms with van der Waals surface area (Å²) in [5.41, 5.74) is 0. The van der Waals surface area contributed by atoms with Gasteiger partial charge in [-0.05, 0) is 12.1 Å². The summed E-state index contributed by atoms with van der Waals surface area (Å²) in [6.45, 7) is -0.923. The molecule has 0 saturated carbocycles. The first-order valence-corrected chi connectivity index (χ1v) is 9.24. The number of benzene rings is 1. The fraction of sp³-hybridized carbons (Fsp3) is 0.667. The average Bonchev–Trinajstić information content (AvgIpc) is 3.02. The topological polar surface area (TPSA) is 188 Å². The van der Waals surface area contributed by atoms with E-state index in [0.29, 0.717) is 0 Å². The molecular formula is C18H26O12. The van der Waals surface area contributed by atoms with Crippen molar-refractivity contribution in [3.63, 3.8) is 0 Å². The number of phenols is 1. The smallest absolute Gasteiger partial charge is 0.229 e. The van der Waals surface area contributed by atoms with Crippen LogP contribution in [0, 0.1) is 0 Å². The largest absolute Gasteiger partial charge is 0.504 e. The lowest BCUT2D eigenvalue weighted by Crippen LogP contribution is -2.60. The predicted molar refractivity (Wildman–Crippen MR) is 95.7 cm³/mol. The molecule has 30 heavy (non-hydrogen) atoms. The molecule has 9 unspecified atom stereocenters. The Morgan fingerprint density at radius 2 is 1.50 bits per heavy atom. The van der Waals surface area contributed by atoms with Gasteiger partial charge in [0.1, 0.15) is 48.5 Å². The van der Waals surface area contributed by atoms with Gasteiger partial charge in [-0.3, -0.25) is 0 Å². The predicted octanol–water partition coefficient (Wildman–Crippen LogP) is -2.96. The van der Waals surface area contributed by atoms with Crippen LogP contribution in [-0.4, -0.2) is 111 Å².